The van der Waals surface area contributed by atoms with Gasteiger partial charge in [0.2, 0.25) is 0 Å². The summed E-state index contributed by atoms with van der Waals surface area (Å²) in [5, 5.41) is 7.72. The van der Waals surface area contributed by atoms with Gasteiger partial charge in [-0.05, 0) is 42.5 Å². The van der Waals surface area contributed by atoms with Gasteiger partial charge in [0.1, 0.15) is 0 Å². The number of guanidine groups is 1. The Morgan fingerprint density at radius 3 is 2.50 bits per heavy atom. The van der Waals surface area contributed by atoms with Gasteiger partial charge >= 0.3 is 0 Å². The lowest BCUT2D eigenvalue weighted by atomic mass is 9.74. The molecule has 3 rings (SSSR count). The Hall–Kier alpha value is -1.31. The lowest BCUT2D eigenvalue weighted by Crippen LogP contribution is -2.48. The second-order valence-corrected chi connectivity index (χ2v) is 7.43. The Bertz CT molecular complexity index is 748. The molecule has 0 bridgehead atoms. The van der Waals surface area contributed by atoms with E-state index in [1.54, 1.807) is 0 Å². The van der Waals surface area contributed by atoms with Crippen molar-refractivity contribution in [1.82, 2.24) is 10.6 Å². The molecular formula is C22H29ClIN3O. The van der Waals surface area contributed by atoms with E-state index >= 15 is 0 Å². The summed E-state index contributed by atoms with van der Waals surface area (Å²) in [6.45, 7) is 3.26. The minimum Gasteiger partial charge on any atom is -0.381 e. The highest BCUT2D eigenvalue weighted by atomic mass is 127. The second kappa shape index (κ2) is 11.6. The van der Waals surface area contributed by atoms with Gasteiger partial charge in [-0.3, -0.25) is 4.99 Å². The van der Waals surface area contributed by atoms with Crippen molar-refractivity contribution in [3.63, 3.8) is 0 Å². The zero-order valence-electron chi connectivity index (χ0n) is 16.3. The summed E-state index contributed by atoms with van der Waals surface area (Å²) in [5.74, 6) is 0.832. The van der Waals surface area contributed by atoms with Crippen LogP contribution in [0.4, 0.5) is 0 Å². The third-order valence-electron chi connectivity index (χ3n) is 5.25. The highest BCUT2D eigenvalue weighted by Crippen LogP contribution is 2.34. The molecule has 2 aromatic rings. The molecule has 1 aliphatic rings. The van der Waals surface area contributed by atoms with Crippen molar-refractivity contribution in [3.8, 4) is 0 Å². The van der Waals surface area contributed by atoms with E-state index in [0.29, 0.717) is 0 Å². The maximum atomic E-state index is 6.06. The molecule has 0 radical (unpaired) electrons. The number of aliphatic imine (C=N–C) groups is 1. The molecule has 4 nitrogen and oxygen atoms in total. The van der Waals surface area contributed by atoms with Crippen LogP contribution in [0.1, 0.15) is 24.0 Å². The monoisotopic (exact) mass is 513 g/mol. The van der Waals surface area contributed by atoms with E-state index in [9.17, 15) is 0 Å². The van der Waals surface area contributed by atoms with Gasteiger partial charge in [-0.2, -0.15) is 0 Å². The van der Waals surface area contributed by atoms with Crippen molar-refractivity contribution in [2.75, 3.05) is 33.4 Å². The van der Waals surface area contributed by atoms with Gasteiger partial charge in [-0.1, -0.05) is 54.1 Å². The largest absolute Gasteiger partial charge is 0.381 e. The van der Waals surface area contributed by atoms with Gasteiger partial charge in [0, 0.05) is 43.8 Å². The standard InChI is InChI=1S/C22H28ClN3O.HI/c1-24-21(25-13-10-18-6-5-9-20(23)16-18)26-17-22(11-14-27-15-12-22)19-7-3-2-4-8-19;/h2-9,16H,10-15,17H2,1H3,(H2,24,25,26);1H. The molecule has 0 amide bonds. The van der Waals surface area contributed by atoms with E-state index in [-0.39, 0.29) is 29.4 Å². The number of benzene rings is 2. The molecule has 1 fully saturated rings. The normalized spacial score (nSPS) is 16.1. The topological polar surface area (TPSA) is 45.7 Å². The molecule has 0 aliphatic carbocycles. The van der Waals surface area contributed by atoms with E-state index in [2.05, 4.69) is 52.0 Å². The number of rotatable bonds is 6. The molecule has 0 aromatic heterocycles. The van der Waals surface area contributed by atoms with Crippen molar-refractivity contribution in [2.24, 2.45) is 4.99 Å². The Labute approximate surface area is 190 Å². The first-order chi connectivity index (χ1) is 13.2. The van der Waals surface area contributed by atoms with E-state index in [1.807, 2.05) is 25.2 Å². The highest BCUT2D eigenvalue weighted by molar-refractivity contribution is 14.0. The smallest absolute Gasteiger partial charge is 0.191 e. The van der Waals surface area contributed by atoms with Crippen LogP contribution in [0.2, 0.25) is 5.02 Å². The number of nitrogens with one attached hydrogen (secondary N) is 2. The number of nitrogens with zero attached hydrogens (tertiary/aromatic N) is 1. The van der Waals surface area contributed by atoms with Crippen LogP contribution in [0, 0.1) is 0 Å². The van der Waals surface area contributed by atoms with Gasteiger partial charge < -0.3 is 15.4 Å². The lowest BCUT2D eigenvalue weighted by Gasteiger charge is -2.38. The fraction of sp³-hybridized carbons (Fsp3) is 0.409. The highest BCUT2D eigenvalue weighted by Gasteiger charge is 2.34. The van der Waals surface area contributed by atoms with Gasteiger partial charge in [0.25, 0.3) is 0 Å². The molecule has 0 unspecified atom stereocenters. The van der Waals surface area contributed by atoms with E-state index in [4.69, 9.17) is 16.3 Å². The van der Waals surface area contributed by atoms with Gasteiger partial charge in [-0.25, -0.2) is 0 Å². The van der Waals surface area contributed by atoms with Crippen LogP contribution >= 0.6 is 35.6 Å². The van der Waals surface area contributed by atoms with Crippen molar-refractivity contribution < 1.29 is 4.74 Å². The Morgan fingerprint density at radius 1 is 1.07 bits per heavy atom. The van der Waals surface area contributed by atoms with E-state index < -0.39 is 0 Å². The maximum Gasteiger partial charge on any atom is 0.191 e. The zero-order chi connectivity index (χ0) is 19.0. The maximum absolute atomic E-state index is 6.06. The second-order valence-electron chi connectivity index (χ2n) is 6.99. The molecule has 6 heteroatoms. The molecule has 0 atom stereocenters. The van der Waals surface area contributed by atoms with E-state index in [1.165, 1.54) is 11.1 Å². The molecule has 28 heavy (non-hydrogen) atoms. The molecule has 0 spiro atoms. The summed E-state index contributed by atoms with van der Waals surface area (Å²) >= 11 is 6.06. The summed E-state index contributed by atoms with van der Waals surface area (Å²) in [4.78, 5) is 4.38. The van der Waals surface area contributed by atoms with Crippen LogP contribution in [-0.2, 0) is 16.6 Å². The van der Waals surface area contributed by atoms with Crippen LogP contribution in [0.3, 0.4) is 0 Å². The molecule has 0 saturated carbocycles. The minimum absolute atomic E-state index is 0. The summed E-state index contributed by atoms with van der Waals surface area (Å²) in [6.07, 6.45) is 2.94. The summed E-state index contributed by atoms with van der Waals surface area (Å²) in [7, 11) is 1.81. The van der Waals surface area contributed by atoms with Crippen LogP contribution in [0.25, 0.3) is 0 Å². The number of halogens is 2. The minimum atomic E-state index is 0. The molecule has 152 valence electrons. The van der Waals surface area contributed by atoms with Gasteiger partial charge in [0.15, 0.2) is 5.96 Å². The summed E-state index contributed by atoms with van der Waals surface area (Å²) in [6, 6.07) is 18.7. The molecule has 2 aromatic carbocycles. The number of ether oxygens (including phenoxy) is 1. The van der Waals surface area contributed by atoms with E-state index in [0.717, 1.165) is 56.5 Å². The zero-order valence-corrected chi connectivity index (χ0v) is 19.4. The molecule has 2 N–H and O–H groups in total. The Kier molecular flexibility index (Phi) is 9.55. The van der Waals surface area contributed by atoms with Crippen molar-refractivity contribution in [3.05, 3.63) is 70.7 Å². The van der Waals surface area contributed by atoms with Crippen molar-refractivity contribution in [2.45, 2.75) is 24.7 Å². The Morgan fingerprint density at radius 2 is 1.82 bits per heavy atom. The van der Waals surface area contributed by atoms with Crippen molar-refractivity contribution >= 4 is 41.5 Å². The first-order valence-corrected chi connectivity index (χ1v) is 9.92. The predicted octanol–water partition coefficient (Wildman–Crippen LogP) is 4.41. The average molecular weight is 514 g/mol. The van der Waals surface area contributed by atoms with Gasteiger partial charge in [0.05, 0.1) is 0 Å². The van der Waals surface area contributed by atoms with Crippen LogP contribution in [-0.4, -0.2) is 39.3 Å². The number of hydrogen-bond donors (Lipinski definition) is 2. The third kappa shape index (κ3) is 6.36. The lowest BCUT2D eigenvalue weighted by molar-refractivity contribution is 0.0514. The first kappa shape index (κ1) is 23.0. The quantitative estimate of drug-likeness (QED) is 0.342. The SMILES string of the molecule is CN=C(NCCc1cccc(Cl)c1)NCC1(c2ccccc2)CCOCC1.I. The number of hydrogen-bond acceptors (Lipinski definition) is 2. The van der Waals surface area contributed by atoms with Crippen LogP contribution < -0.4 is 10.6 Å². The molecule has 1 saturated heterocycles. The van der Waals surface area contributed by atoms with Crippen LogP contribution in [0.5, 0.6) is 0 Å². The van der Waals surface area contributed by atoms with Crippen molar-refractivity contribution in [1.29, 1.82) is 0 Å². The third-order valence-corrected chi connectivity index (χ3v) is 5.48. The summed E-state index contributed by atoms with van der Waals surface area (Å²) in [5.41, 5.74) is 2.68. The average Bonchev–Trinajstić information content (AvgIpc) is 2.72. The fourth-order valence-electron chi connectivity index (χ4n) is 3.61. The molecule has 1 heterocycles. The Balaban J connectivity index is 0.00000280. The summed E-state index contributed by atoms with van der Waals surface area (Å²) < 4.78 is 5.62. The van der Waals surface area contributed by atoms with Crippen LogP contribution in [0.15, 0.2) is 59.6 Å². The first-order valence-electron chi connectivity index (χ1n) is 9.54. The fourth-order valence-corrected chi connectivity index (χ4v) is 3.83. The molecule has 1 aliphatic heterocycles. The molecular weight excluding hydrogens is 485 g/mol. The van der Waals surface area contributed by atoms with Gasteiger partial charge in [-0.15, -0.1) is 24.0 Å². The predicted molar refractivity (Wildman–Crippen MR) is 128 cm³/mol.